The minimum absolute atomic E-state index is 0.896. The predicted octanol–water partition coefficient (Wildman–Crippen LogP) is 3.24. The van der Waals surface area contributed by atoms with Crippen LogP contribution in [-0.2, 0) is 40.3 Å². The summed E-state index contributed by atoms with van der Waals surface area (Å²) < 4.78 is 75.3. The van der Waals surface area contributed by atoms with Crippen molar-refractivity contribution in [3.8, 4) is 0 Å². The molecule has 0 aliphatic carbocycles. The van der Waals surface area contributed by atoms with E-state index in [1.165, 1.54) is 62.3 Å². The SMILES string of the molecule is CC(C)(C)P(=O)(O)O.CC(C)(C)P(=O)(O)OP(=O)(O)O.CC(C)(C)P(=O)(O)OP(=O)(O)OP(=O)(O)O. The summed E-state index contributed by atoms with van der Waals surface area (Å²) in [7, 11) is -28.2. The van der Waals surface area contributed by atoms with Gasteiger partial charge in [0.25, 0.3) is 0 Å². The number of hydrogen-bond donors (Lipinski definition) is 9. The van der Waals surface area contributed by atoms with Gasteiger partial charge in [-0.25, -0.2) is 22.3 Å². The van der Waals surface area contributed by atoms with Gasteiger partial charge >= 0.3 is 46.3 Å². The van der Waals surface area contributed by atoms with E-state index in [0.29, 0.717) is 0 Å². The molecule has 0 aromatic rings. The molecule has 0 rings (SSSR count). The zero-order chi connectivity index (χ0) is 30.6. The van der Waals surface area contributed by atoms with Crippen LogP contribution in [0, 0.1) is 0 Å². The van der Waals surface area contributed by atoms with Gasteiger partial charge in [0.15, 0.2) is 0 Å². The van der Waals surface area contributed by atoms with Crippen molar-refractivity contribution in [3.05, 3.63) is 0 Å². The van der Waals surface area contributed by atoms with Crippen LogP contribution < -0.4 is 0 Å². The van der Waals surface area contributed by atoms with Crippen LogP contribution in [0.4, 0.5) is 0 Å². The first-order valence-corrected chi connectivity index (χ1v) is 18.5. The summed E-state index contributed by atoms with van der Waals surface area (Å²) in [5, 5.41) is -3.50. The van der Waals surface area contributed by atoms with Gasteiger partial charge in [-0.3, -0.25) is 13.7 Å². The van der Waals surface area contributed by atoms with Crippen molar-refractivity contribution in [2.75, 3.05) is 0 Å². The van der Waals surface area contributed by atoms with Gasteiger partial charge in [0.1, 0.15) is 0 Å². The van der Waals surface area contributed by atoms with Gasteiger partial charge < -0.3 is 44.0 Å². The van der Waals surface area contributed by atoms with Crippen molar-refractivity contribution < 1.29 is 84.4 Å². The van der Waals surface area contributed by atoms with Crippen LogP contribution in [0.2, 0.25) is 0 Å². The van der Waals surface area contributed by atoms with Crippen LogP contribution in [0.3, 0.4) is 0 Å². The molecule has 0 amide bonds. The normalized spacial score (nSPS) is 18.8. The van der Waals surface area contributed by atoms with E-state index in [9.17, 15) is 32.3 Å². The topological polar surface area (TPSA) is 312 Å². The summed E-state index contributed by atoms with van der Waals surface area (Å²) >= 11 is 0. The van der Waals surface area contributed by atoms with Gasteiger partial charge in [0, 0.05) is 0 Å². The van der Waals surface area contributed by atoms with Crippen LogP contribution in [0.25, 0.3) is 0 Å². The Labute approximate surface area is 208 Å². The van der Waals surface area contributed by atoms with Gasteiger partial charge in [0.2, 0.25) is 0 Å². The zero-order valence-corrected chi connectivity index (χ0v) is 26.2. The second-order valence-corrected chi connectivity index (χ2v) is 21.8. The Balaban J connectivity index is -0.000000481. The van der Waals surface area contributed by atoms with Crippen molar-refractivity contribution in [1.29, 1.82) is 0 Å². The number of phosphoric acid groups is 3. The van der Waals surface area contributed by atoms with Gasteiger partial charge in [-0.15, -0.1) is 0 Å². The van der Waals surface area contributed by atoms with Crippen LogP contribution >= 0.6 is 46.3 Å². The highest BCUT2D eigenvalue weighted by Crippen LogP contribution is 2.69. The largest absolute Gasteiger partial charge is 0.488 e. The molecule has 3 atom stereocenters. The van der Waals surface area contributed by atoms with E-state index in [1.54, 1.807) is 0 Å². The third-order valence-corrected chi connectivity index (χ3v) is 13.5. The average molecular weight is 654 g/mol. The fourth-order valence-corrected chi connectivity index (χ4v) is 6.37. The molecular formula is C12H36O18P6. The molecular weight excluding hydrogens is 618 g/mol. The Bertz CT molecular complexity index is 997. The first-order valence-electron chi connectivity index (χ1n) is 9.16. The first-order chi connectivity index (χ1) is 14.9. The lowest BCUT2D eigenvalue weighted by molar-refractivity contribution is 0.218. The highest BCUT2D eigenvalue weighted by atomic mass is 31.3. The van der Waals surface area contributed by atoms with Crippen LogP contribution in [0.1, 0.15) is 62.3 Å². The molecule has 0 aromatic heterocycles. The maximum absolute atomic E-state index is 11.4. The van der Waals surface area contributed by atoms with E-state index < -0.39 is 61.7 Å². The van der Waals surface area contributed by atoms with Gasteiger partial charge in [-0.1, -0.05) is 0 Å². The van der Waals surface area contributed by atoms with Crippen molar-refractivity contribution in [2.45, 2.75) is 77.8 Å². The van der Waals surface area contributed by atoms with E-state index in [-0.39, 0.29) is 0 Å². The fourth-order valence-electron chi connectivity index (χ4n) is 0.678. The van der Waals surface area contributed by atoms with E-state index in [1.807, 2.05) is 0 Å². The quantitative estimate of drug-likeness (QED) is 0.186. The highest BCUT2D eigenvalue weighted by molar-refractivity contribution is 7.68. The molecule has 24 heteroatoms. The summed E-state index contributed by atoms with van der Waals surface area (Å²) in [5.74, 6) is 0. The maximum atomic E-state index is 11.4. The van der Waals surface area contributed by atoms with Crippen LogP contribution in [0.5, 0.6) is 0 Å². The van der Waals surface area contributed by atoms with Gasteiger partial charge in [-0.05, 0) is 62.3 Å². The summed E-state index contributed by atoms with van der Waals surface area (Å²) in [6, 6.07) is 0. The average Bonchev–Trinajstić information content (AvgIpc) is 2.36. The number of hydrogen-bond acceptors (Lipinski definition) is 9. The summed E-state index contributed by atoms with van der Waals surface area (Å²) in [6.45, 7) is 12.3. The summed E-state index contributed by atoms with van der Waals surface area (Å²) in [6.07, 6.45) is 0. The van der Waals surface area contributed by atoms with Gasteiger partial charge in [0.05, 0.1) is 15.5 Å². The minimum Gasteiger partial charge on any atom is -0.324 e. The minimum atomic E-state index is -5.31. The Hall–Kier alpha value is 0.900. The lowest BCUT2D eigenvalue weighted by Gasteiger charge is -2.26. The molecule has 0 fully saturated rings. The molecule has 0 saturated heterocycles. The second-order valence-electron chi connectivity index (χ2n) is 9.79. The predicted molar refractivity (Wildman–Crippen MR) is 128 cm³/mol. The lowest BCUT2D eigenvalue weighted by Crippen LogP contribution is -2.15. The second kappa shape index (κ2) is 13.0. The molecule has 0 heterocycles. The Morgan fingerprint density at radius 2 is 0.639 bits per heavy atom. The standard InChI is InChI=1S/C4H13O9P3.C4H12O6P2.C4H11O3P/c1-4(2,3)14(5,6)12-16(10,11)13-15(7,8)9;1-4(2,3)11(5,6)10-12(7,8)9;1-4(2,3)8(5,6)7/h1-3H3,(H,5,6)(H,10,11)(H2,7,8,9);1-3H3,(H,5,6)(H2,7,8,9);1-3H3,(H2,5,6,7). The molecule has 0 bridgehead atoms. The van der Waals surface area contributed by atoms with Crippen molar-refractivity contribution >= 4 is 46.3 Å². The monoisotopic (exact) mass is 654 g/mol. The smallest absolute Gasteiger partial charge is 0.324 e. The lowest BCUT2D eigenvalue weighted by atomic mass is 10.3. The molecule has 0 aliphatic heterocycles. The van der Waals surface area contributed by atoms with Crippen LogP contribution in [-0.4, -0.2) is 59.5 Å². The third-order valence-electron chi connectivity index (χ3n) is 3.21. The summed E-state index contributed by atoms with van der Waals surface area (Å²) in [5.41, 5.74) is 0. The van der Waals surface area contributed by atoms with E-state index in [2.05, 4.69) is 12.9 Å². The molecule has 36 heavy (non-hydrogen) atoms. The molecule has 0 spiro atoms. The Morgan fingerprint density at radius 3 is 0.778 bits per heavy atom. The molecule has 3 unspecified atom stereocenters. The molecule has 18 nitrogen and oxygen atoms in total. The molecule has 9 N–H and O–H groups in total. The highest BCUT2D eigenvalue weighted by Gasteiger charge is 2.46. The van der Waals surface area contributed by atoms with E-state index in [4.69, 9.17) is 39.1 Å². The Morgan fingerprint density at radius 1 is 0.417 bits per heavy atom. The Kier molecular flexibility index (Phi) is 15.0. The van der Waals surface area contributed by atoms with E-state index >= 15 is 0 Å². The molecule has 0 aromatic carbocycles. The third kappa shape index (κ3) is 19.0. The first kappa shape index (κ1) is 41.4. The van der Waals surface area contributed by atoms with Gasteiger partial charge in [-0.2, -0.15) is 4.31 Å². The van der Waals surface area contributed by atoms with Crippen molar-refractivity contribution in [3.63, 3.8) is 0 Å². The molecule has 0 radical (unpaired) electrons. The van der Waals surface area contributed by atoms with Crippen LogP contribution in [0.15, 0.2) is 0 Å². The van der Waals surface area contributed by atoms with E-state index in [0.717, 1.165) is 0 Å². The molecule has 0 saturated carbocycles. The summed E-state index contributed by atoms with van der Waals surface area (Å²) in [4.78, 5) is 77.1. The zero-order valence-electron chi connectivity index (χ0n) is 20.9. The number of rotatable bonds is 6. The molecule has 222 valence electrons. The van der Waals surface area contributed by atoms with Crippen molar-refractivity contribution in [2.24, 2.45) is 0 Å². The van der Waals surface area contributed by atoms with Crippen molar-refractivity contribution in [1.82, 2.24) is 0 Å². The fraction of sp³-hybridized carbons (Fsp3) is 1.00. The maximum Gasteiger partial charge on any atom is 0.488 e. The molecule has 0 aliphatic rings.